The maximum Gasteiger partial charge on any atom is 0.252 e. The fourth-order valence-corrected chi connectivity index (χ4v) is 5.32. The zero-order valence-electron chi connectivity index (χ0n) is 20.9. The molecule has 0 spiro atoms. The summed E-state index contributed by atoms with van der Waals surface area (Å²) in [5.74, 6) is -0.496. The van der Waals surface area contributed by atoms with E-state index in [1.165, 1.54) is 12.1 Å². The lowest BCUT2D eigenvalue weighted by atomic mass is 9.87. The molecule has 1 saturated heterocycles. The number of halogens is 2. The average Bonchev–Trinajstić information content (AvgIpc) is 3.45. The second kappa shape index (κ2) is 13.5. The van der Waals surface area contributed by atoms with Gasteiger partial charge in [-0.1, -0.05) is 24.3 Å². The number of nitrogens with zero attached hydrogens (tertiary/aromatic N) is 1. The predicted molar refractivity (Wildman–Crippen MR) is 147 cm³/mol. The van der Waals surface area contributed by atoms with Crippen molar-refractivity contribution >= 4 is 34.4 Å². The molecule has 204 valence electrons. The molecule has 0 aromatic heterocycles. The molecule has 0 bridgehead atoms. The van der Waals surface area contributed by atoms with Crippen molar-refractivity contribution in [1.82, 2.24) is 10.2 Å². The van der Waals surface area contributed by atoms with E-state index in [1.54, 1.807) is 29.2 Å². The van der Waals surface area contributed by atoms with Gasteiger partial charge < -0.3 is 29.9 Å². The Kier molecular flexibility index (Phi) is 10.1. The number of carbonyl (C=O) groups is 2. The third kappa shape index (κ3) is 7.10. The number of nitrogens with one attached hydrogen (secondary N) is 1. The van der Waals surface area contributed by atoms with Crippen LogP contribution in [0.25, 0.3) is 0 Å². The van der Waals surface area contributed by atoms with Crippen LogP contribution >= 0.6 is 22.6 Å². The Bertz CT molecular complexity index is 1160. The number of hydrogen-bond donors (Lipinski definition) is 3. The Labute approximate surface area is 235 Å². The summed E-state index contributed by atoms with van der Waals surface area (Å²) in [6.07, 6.45) is 0.670. The highest BCUT2D eigenvalue weighted by atomic mass is 127. The fourth-order valence-electron chi connectivity index (χ4n) is 4.81. The lowest BCUT2D eigenvalue weighted by molar-refractivity contribution is -0.148. The molecule has 1 aliphatic carbocycles. The van der Waals surface area contributed by atoms with E-state index in [1.807, 2.05) is 18.2 Å². The number of benzene rings is 2. The van der Waals surface area contributed by atoms with Crippen LogP contribution < -0.4 is 10.1 Å². The topological polar surface area (TPSA) is 108 Å². The van der Waals surface area contributed by atoms with Gasteiger partial charge in [-0.25, -0.2) is 4.39 Å². The van der Waals surface area contributed by atoms with Crippen LogP contribution in [0.15, 0.2) is 60.2 Å². The van der Waals surface area contributed by atoms with Crippen molar-refractivity contribution in [2.45, 2.75) is 50.0 Å². The van der Waals surface area contributed by atoms with Crippen LogP contribution in [-0.4, -0.2) is 77.6 Å². The first kappa shape index (κ1) is 28.5. The zero-order chi connectivity index (χ0) is 27.1. The maximum absolute atomic E-state index is 13.8. The molecule has 0 radical (unpaired) electrons. The largest absolute Gasteiger partial charge is 0.482 e. The number of rotatable bonds is 10. The lowest BCUT2D eigenvalue weighted by Crippen LogP contribution is -2.57. The van der Waals surface area contributed by atoms with E-state index in [0.29, 0.717) is 36.3 Å². The molecule has 2 aromatic rings. The van der Waals surface area contributed by atoms with Crippen LogP contribution in [-0.2, 0) is 20.7 Å². The van der Waals surface area contributed by atoms with Gasteiger partial charge in [-0.3, -0.25) is 9.59 Å². The third-order valence-electron chi connectivity index (χ3n) is 6.73. The number of aliphatic hydroxyl groups is 2. The van der Waals surface area contributed by atoms with Crippen LogP contribution in [0, 0.1) is 9.39 Å². The number of ether oxygens (including phenoxy) is 2. The van der Waals surface area contributed by atoms with E-state index < -0.39 is 30.3 Å². The molecule has 4 atom stereocenters. The summed E-state index contributed by atoms with van der Waals surface area (Å²) in [7, 11) is 0. The lowest BCUT2D eigenvalue weighted by Gasteiger charge is -2.41. The van der Waals surface area contributed by atoms with Crippen LogP contribution in [0.2, 0.25) is 0 Å². The van der Waals surface area contributed by atoms with E-state index in [2.05, 4.69) is 27.9 Å². The number of para-hydroxylation sites is 1. The molecular weight excluding hydrogens is 606 g/mol. The first-order valence-corrected chi connectivity index (χ1v) is 13.8. The van der Waals surface area contributed by atoms with Crippen molar-refractivity contribution in [2.24, 2.45) is 0 Å². The van der Waals surface area contributed by atoms with Gasteiger partial charge in [-0.2, -0.15) is 0 Å². The van der Waals surface area contributed by atoms with Crippen molar-refractivity contribution < 1.29 is 33.7 Å². The van der Waals surface area contributed by atoms with Crippen molar-refractivity contribution in [2.75, 3.05) is 26.3 Å². The summed E-state index contributed by atoms with van der Waals surface area (Å²) in [4.78, 5) is 28.2. The molecular formula is C28H32FIN2O6. The molecule has 10 heteroatoms. The summed E-state index contributed by atoms with van der Waals surface area (Å²) in [6, 6.07) is 12.7. The van der Waals surface area contributed by atoms with Gasteiger partial charge in [-0.15, -0.1) is 0 Å². The molecule has 0 saturated carbocycles. The van der Waals surface area contributed by atoms with Gasteiger partial charge in [0.05, 0.1) is 16.2 Å². The molecule has 1 heterocycles. The molecule has 1 fully saturated rings. The number of carbonyl (C=O) groups excluding carboxylic acids is 2. The Morgan fingerprint density at radius 3 is 2.74 bits per heavy atom. The fraction of sp³-hybridized carbons (Fsp3) is 0.429. The van der Waals surface area contributed by atoms with Gasteiger partial charge in [0.1, 0.15) is 29.9 Å². The van der Waals surface area contributed by atoms with Gasteiger partial charge >= 0.3 is 0 Å². The number of hydrogen-bond acceptors (Lipinski definition) is 6. The molecule has 2 aromatic carbocycles. The standard InChI is InChI=1S/C28H32FIN2O6/c29-20-6-3-5-18(15-20)10-12-32(28(36)24-9-4-14-37-24)22-16-19(27(35)31-11-13-33)17-25(26(22)34)38-23-8-2-1-7-21(23)30/h1-3,5-8,15,17,22,24-26,33-34H,4,9-14,16H2,(H,31,35)/t22-,24?,25+,26+/m1/s1. The normalized spacial score (nSPS) is 23.0. The minimum absolute atomic E-state index is 0.0730. The minimum atomic E-state index is -1.14. The Morgan fingerprint density at radius 1 is 1.21 bits per heavy atom. The van der Waals surface area contributed by atoms with Crippen LogP contribution in [0.4, 0.5) is 4.39 Å². The SMILES string of the molecule is O=C(NCCO)C1=C[C@H](Oc2ccccc2I)[C@@H](O)[C@H](N(CCc2cccc(F)c2)C(=O)C2CCCO2)C1. The van der Waals surface area contributed by atoms with Crippen LogP contribution in [0.3, 0.4) is 0 Å². The van der Waals surface area contributed by atoms with E-state index in [4.69, 9.17) is 9.47 Å². The molecule has 4 rings (SSSR count). The summed E-state index contributed by atoms with van der Waals surface area (Å²) in [5.41, 5.74) is 1.06. The number of aliphatic hydroxyl groups excluding tert-OH is 2. The van der Waals surface area contributed by atoms with Gasteiger partial charge in [0.15, 0.2) is 0 Å². The molecule has 8 nitrogen and oxygen atoms in total. The van der Waals surface area contributed by atoms with Crippen LogP contribution in [0.5, 0.6) is 5.75 Å². The first-order valence-electron chi connectivity index (χ1n) is 12.7. The first-order chi connectivity index (χ1) is 18.4. The Hall–Kier alpha value is -2.54. The highest BCUT2D eigenvalue weighted by Crippen LogP contribution is 2.31. The average molecular weight is 638 g/mol. The quantitative estimate of drug-likeness (QED) is 0.346. The second-order valence-electron chi connectivity index (χ2n) is 9.36. The zero-order valence-corrected chi connectivity index (χ0v) is 23.1. The predicted octanol–water partition coefficient (Wildman–Crippen LogP) is 2.60. The van der Waals surface area contributed by atoms with E-state index in [-0.39, 0.29) is 37.8 Å². The Morgan fingerprint density at radius 2 is 2.03 bits per heavy atom. The van der Waals surface area contributed by atoms with Gasteiger partial charge in [-0.05, 0) is 77.8 Å². The van der Waals surface area contributed by atoms with Crippen LogP contribution in [0.1, 0.15) is 24.8 Å². The summed E-state index contributed by atoms with van der Waals surface area (Å²) in [5, 5.41) is 23.3. The van der Waals surface area contributed by atoms with E-state index in [0.717, 1.165) is 9.99 Å². The highest BCUT2D eigenvalue weighted by Gasteiger charge is 2.42. The van der Waals surface area contributed by atoms with Crippen molar-refractivity contribution in [3.8, 4) is 5.75 Å². The van der Waals surface area contributed by atoms with Gasteiger partial charge in [0, 0.05) is 31.7 Å². The summed E-state index contributed by atoms with van der Waals surface area (Å²) in [6.45, 7) is 0.535. The van der Waals surface area contributed by atoms with E-state index in [9.17, 15) is 24.2 Å². The molecule has 1 aliphatic heterocycles. The summed E-state index contributed by atoms with van der Waals surface area (Å²) < 4.78 is 26.5. The molecule has 2 amide bonds. The smallest absolute Gasteiger partial charge is 0.252 e. The molecule has 2 aliphatic rings. The molecule has 38 heavy (non-hydrogen) atoms. The summed E-state index contributed by atoms with van der Waals surface area (Å²) >= 11 is 2.13. The van der Waals surface area contributed by atoms with E-state index >= 15 is 0 Å². The van der Waals surface area contributed by atoms with Gasteiger partial charge in [0.25, 0.3) is 5.91 Å². The maximum atomic E-state index is 13.8. The minimum Gasteiger partial charge on any atom is -0.482 e. The van der Waals surface area contributed by atoms with Crippen molar-refractivity contribution in [1.29, 1.82) is 0 Å². The van der Waals surface area contributed by atoms with Crippen molar-refractivity contribution in [3.63, 3.8) is 0 Å². The molecule has 1 unspecified atom stereocenters. The number of amides is 2. The molecule has 3 N–H and O–H groups in total. The van der Waals surface area contributed by atoms with Crippen molar-refractivity contribution in [3.05, 3.63) is 75.1 Å². The second-order valence-corrected chi connectivity index (χ2v) is 10.5. The van der Waals surface area contributed by atoms with Gasteiger partial charge in [0.2, 0.25) is 5.91 Å². The monoisotopic (exact) mass is 638 g/mol. The Balaban J connectivity index is 1.64. The highest BCUT2D eigenvalue weighted by molar-refractivity contribution is 14.1. The third-order valence-corrected chi connectivity index (χ3v) is 7.62.